The predicted molar refractivity (Wildman–Crippen MR) is 99.5 cm³/mol. The summed E-state index contributed by atoms with van der Waals surface area (Å²) >= 11 is 0. The number of halogens is 1. The molecule has 3 rings (SSSR count). The largest absolute Gasteiger partial charge is 0.497 e. The van der Waals surface area contributed by atoms with Gasteiger partial charge < -0.3 is 15.4 Å². The van der Waals surface area contributed by atoms with E-state index in [1.807, 2.05) is 30.3 Å². The smallest absolute Gasteiger partial charge is 0.315 e. The number of methoxy groups -OCH3 is 1. The normalized spacial score (nSPS) is 10.3. The summed E-state index contributed by atoms with van der Waals surface area (Å²) in [7, 11) is 1.62. The quantitative estimate of drug-likeness (QED) is 0.702. The summed E-state index contributed by atoms with van der Waals surface area (Å²) in [6.07, 6.45) is 1.47. The molecule has 0 fully saturated rings. The van der Waals surface area contributed by atoms with Crippen molar-refractivity contribution in [2.24, 2.45) is 0 Å². The van der Waals surface area contributed by atoms with E-state index in [9.17, 15) is 9.18 Å². The monoisotopic (exact) mass is 366 g/mol. The highest BCUT2D eigenvalue weighted by molar-refractivity contribution is 5.73. The van der Waals surface area contributed by atoms with Gasteiger partial charge in [0.25, 0.3) is 0 Å². The summed E-state index contributed by atoms with van der Waals surface area (Å²) in [6.45, 7) is 0.577. The minimum absolute atomic E-state index is 0.265. The molecule has 7 heteroatoms. The Balaban J connectivity index is 1.54. The zero-order chi connectivity index (χ0) is 19.1. The van der Waals surface area contributed by atoms with Crippen LogP contribution in [0.2, 0.25) is 0 Å². The van der Waals surface area contributed by atoms with Crippen LogP contribution in [0.3, 0.4) is 0 Å². The van der Waals surface area contributed by atoms with Crippen LogP contribution in [0.25, 0.3) is 11.3 Å². The van der Waals surface area contributed by atoms with Crippen LogP contribution in [-0.4, -0.2) is 23.1 Å². The lowest BCUT2D eigenvalue weighted by Crippen LogP contribution is -2.34. The molecule has 2 N–H and O–H groups in total. The lowest BCUT2D eigenvalue weighted by Gasteiger charge is -2.08. The third-order valence-corrected chi connectivity index (χ3v) is 3.91. The standard InChI is InChI=1S/C20H19FN4O2/c1-27-18-8-4-15(5-9-18)19-10-17(24-13-25-19)12-23-20(26)22-11-14-2-6-16(21)7-3-14/h2-10,13H,11-12H2,1H3,(H2,22,23,26). The molecule has 0 aliphatic carbocycles. The number of nitrogens with zero attached hydrogens (tertiary/aromatic N) is 2. The Hall–Kier alpha value is -3.48. The van der Waals surface area contributed by atoms with Gasteiger partial charge in [-0.15, -0.1) is 0 Å². The van der Waals surface area contributed by atoms with E-state index in [2.05, 4.69) is 20.6 Å². The molecule has 0 saturated heterocycles. The van der Waals surface area contributed by atoms with Gasteiger partial charge in [0.1, 0.15) is 17.9 Å². The maximum atomic E-state index is 12.9. The van der Waals surface area contributed by atoms with E-state index >= 15 is 0 Å². The summed E-state index contributed by atoms with van der Waals surface area (Å²) in [5.41, 5.74) is 3.19. The van der Waals surface area contributed by atoms with Gasteiger partial charge >= 0.3 is 6.03 Å². The topological polar surface area (TPSA) is 76.1 Å². The molecular formula is C20H19FN4O2. The van der Waals surface area contributed by atoms with Crippen LogP contribution >= 0.6 is 0 Å². The fourth-order valence-corrected chi connectivity index (χ4v) is 2.43. The molecule has 138 valence electrons. The molecule has 2 aromatic carbocycles. The number of benzene rings is 2. The molecule has 6 nitrogen and oxygen atoms in total. The van der Waals surface area contributed by atoms with Gasteiger partial charge in [0.05, 0.1) is 25.0 Å². The number of nitrogens with one attached hydrogen (secondary N) is 2. The number of aromatic nitrogens is 2. The Morgan fingerprint density at radius 1 is 1.00 bits per heavy atom. The average Bonchev–Trinajstić information content (AvgIpc) is 2.72. The Morgan fingerprint density at radius 3 is 2.41 bits per heavy atom. The van der Waals surface area contributed by atoms with E-state index in [-0.39, 0.29) is 18.4 Å². The number of rotatable bonds is 6. The molecule has 3 aromatic rings. The number of carbonyl (C=O) groups excluding carboxylic acids is 1. The number of carbonyl (C=O) groups is 1. The molecule has 0 saturated carbocycles. The molecule has 1 heterocycles. The van der Waals surface area contributed by atoms with Crippen molar-refractivity contribution in [2.45, 2.75) is 13.1 Å². The van der Waals surface area contributed by atoms with E-state index < -0.39 is 0 Å². The summed E-state index contributed by atoms with van der Waals surface area (Å²) < 4.78 is 18.0. The van der Waals surface area contributed by atoms with Crippen LogP contribution in [0.1, 0.15) is 11.3 Å². The minimum atomic E-state index is -0.330. The zero-order valence-corrected chi connectivity index (χ0v) is 14.8. The Kier molecular flexibility index (Phi) is 5.94. The first kappa shape index (κ1) is 18.3. The van der Waals surface area contributed by atoms with Crippen LogP contribution in [-0.2, 0) is 13.1 Å². The SMILES string of the molecule is COc1ccc(-c2cc(CNC(=O)NCc3ccc(F)cc3)ncn2)cc1. The predicted octanol–water partition coefficient (Wildman–Crippen LogP) is 3.29. The van der Waals surface area contributed by atoms with Crippen LogP contribution in [0.4, 0.5) is 9.18 Å². The van der Waals surface area contributed by atoms with Crippen molar-refractivity contribution >= 4 is 6.03 Å². The van der Waals surface area contributed by atoms with Crippen LogP contribution in [0.15, 0.2) is 60.9 Å². The fraction of sp³-hybridized carbons (Fsp3) is 0.150. The first-order valence-corrected chi connectivity index (χ1v) is 8.35. The molecule has 0 bridgehead atoms. The number of amides is 2. The second-order valence-electron chi connectivity index (χ2n) is 5.79. The van der Waals surface area contributed by atoms with Crippen molar-refractivity contribution in [1.29, 1.82) is 0 Å². The second kappa shape index (κ2) is 8.75. The van der Waals surface area contributed by atoms with Gasteiger partial charge in [0, 0.05) is 12.1 Å². The van der Waals surface area contributed by atoms with E-state index in [4.69, 9.17) is 4.74 Å². The molecule has 0 aliphatic rings. The molecule has 27 heavy (non-hydrogen) atoms. The van der Waals surface area contributed by atoms with Crippen molar-refractivity contribution in [3.05, 3.63) is 78.0 Å². The maximum absolute atomic E-state index is 12.9. The first-order valence-electron chi connectivity index (χ1n) is 8.35. The highest BCUT2D eigenvalue weighted by Crippen LogP contribution is 2.20. The number of urea groups is 1. The van der Waals surface area contributed by atoms with Crippen molar-refractivity contribution in [1.82, 2.24) is 20.6 Å². The number of ether oxygens (including phenoxy) is 1. The molecule has 0 aliphatic heterocycles. The van der Waals surface area contributed by atoms with Gasteiger partial charge in [-0.05, 0) is 48.0 Å². The van der Waals surface area contributed by atoms with Crippen molar-refractivity contribution in [2.75, 3.05) is 7.11 Å². The first-order chi connectivity index (χ1) is 13.1. The Bertz CT molecular complexity index is 899. The molecule has 0 unspecified atom stereocenters. The third kappa shape index (κ3) is 5.24. The van der Waals surface area contributed by atoms with Gasteiger partial charge in [0.2, 0.25) is 0 Å². The van der Waals surface area contributed by atoms with Gasteiger partial charge in [-0.1, -0.05) is 12.1 Å². The van der Waals surface area contributed by atoms with Crippen LogP contribution < -0.4 is 15.4 Å². The molecule has 2 amide bonds. The average molecular weight is 366 g/mol. The van der Waals surface area contributed by atoms with Gasteiger partial charge in [-0.25, -0.2) is 19.2 Å². The minimum Gasteiger partial charge on any atom is -0.497 e. The summed E-state index contributed by atoms with van der Waals surface area (Å²) in [5, 5.41) is 5.46. The van der Waals surface area contributed by atoms with Gasteiger partial charge in [-0.2, -0.15) is 0 Å². The molecule has 0 atom stereocenters. The van der Waals surface area contributed by atoms with Gasteiger partial charge in [0.15, 0.2) is 0 Å². The number of hydrogen-bond acceptors (Lipinski definition) is 4. The molecule has 1 aromatic heterocycles. The highest BCUT2D eigenvalue weighted by atomic mass is 19.1. The Morgan fingerprint density at radius 2 is 1.70 bits per heavy atom. The maximum Gasteiger partial charge on any atom is 0.315 e. The molecular weight excluding hydrogens is 347 g/mol. The van der Waals surface area contributed by atoms with Crippen molar-refractivity contribution in [3.8, 4) is 17.0 Å². The lowest BCUT2D eigenvalue weighted by molar-refractivity contribution is 0.240. The van der Waals surface area contributed by atoms with Crippen LogP contribution in [0.5, 0.6) is 5.75 Å². The van der Waals surface area contributed by atoms with Crippen molar-refractivity contribution < 1.29 is 13.9 Å². The van der Waals surface area contributed by atoms with E-state index in [1.54, 1.807) is 19.2 Å². The van der Waals surface area contributed by atoms with Crippen LogP contribution in [0, 0.1) is 5.82 Å². The summed E-state index contributed by atoms with van der Waals surface area (Å²) in [4.78, 5) is 20.4. The van der Waals surface area contributed by atoms with E-state index in [0.717, 1.165) is 22.6 Å². The molecule has 0 radical (unpaired) electrons. The third-order valence-electron chi connectivity index (χ3n) is 3.91. The molecule has 0 spiro atoms. The lowest BCUT2D eigenvalue weighted by atomic mass is 10.1. The Labute approximate surface area is 156 Å². The summed E-state index contributed by atoms with van der Waals surface area (Å²) in [6, 6.07) is 15.0. The van der Waals surface area contributed by atoms with E-state index in [1.165, 1.54) is 18.5 Å². The zero-order valence-electron chi connectivity index (χ0n) is 14.8. The number of hydrogen-bond donors (Lipinski definition) is 2. The highest BCUT2D eigenvalue weighted by Gasteiger charge is 2.05. The second-order valence-corrected chi connectivity index (χ2v) is 5.79. The van der Waals surface area contributed by atoms with E-state index in [0.29, 0.717) is 12.2 Å². The summed E-state index contributed by atoms with van der Waals surface area (Å²) in [5.74, 6) is 0.465. The van der Waals surface area contributed by atoms with Gasteiger partial charge in [-0.3, -0.25) is 0 Å². The van der Waals surface area contributed by atoms with Crippen molar-refractivity contribution in [3.63, 3.8) is 0 Å². The fourth-order valence-electron chi connectivity index (χ4n) is 2.43.